The Morgan fingerprint density at radius 2 is 2.20 bits per heavy atom. The Kier molecular flexibility index (Phi) is 3.40. The van der Waals surface area contributed by atoms with Gasteiger partial charge in [-0.25, -0.2) is 4.68 Å². The largest absolute Gasteiger partial charge is 0.398 e. The van der Waals surface area contributed by atoms with Crippen LogP contribution in [0.3, 0.4) is 0 Å². The van der Waals surface area contributed by atoms with E-state index in [1.165, 1.54) is 0 Å². The minimum atomic E-state index is 0.209. The van der Waals surface area contributed by atoms with E-state index in [9.17, 15) is 0 Å². The lowest BCUT2D eigenvalue weighted by atomic mass is 10.0. The smallest absolute Gasteiger partial charge is 0.182 e. The van der Waals surface area contributed by atoms with E-state index in [0.29, 0.717) is 6.54 Å². The van der Waals surface area contributed by atoms with Gasteiger partial charge in [0.25, 0.3) is 0 Å². The third kappa shape index (κ3) is 2.38. The number of ether oxygens (including phenoxy) is 1. The van der Waals surface area contributed by atoms with Crippen LogP contribution in [0.25, 0.3) is 11.4 Å². The Morgan fingerprint density at radius 1 is 1.35 bits per heavy atom. The van der Waals surface area contributed by atoms with Crippen molar-refractivity contribution in [2.75, 3.05) is 12.3 Å². The molecule has 2 N–H and O–H groups in total. The Hall–Kier alpha value is -1.95. The van der Waals surface area contributed by atoms with Crippen molar-refractivity contribution >= 4 is 5.69 Å². The molecule has 0 amide bonds. The van der Waals surface area contributed by atoms with E-state index in [1.807, 2.05) is 24.6 Å². The summed E-state index contributed by atoms with van der Waals surface area (Å²) in [5.41, 5.74) is 9.95. The molecule has 20 heavy (non-hydrogen) atoms. The lowest BCUT2D eigenvalue weighted by molar-refractivity contribution is 0.0939. The third-order valence-corrected chi connectivity index (χ3v) is 3.79. The quantitative estimate of drug-likeness (QED) is 0.861. The highest BCUT2D eigenvalue weighted by atomic mass is 16.5. The molecule has 1 unspecified atom stereocenters. The van der Waals surface area contributed by atoms with E-state index >= 15 is 0 Å². The van der Waals surface area contributed by atoms with E-state index < -0.39 is 0 Å². The summed E-state index contributed by atoms with van der Waals surface area (Å²) >= 11 is 0. The molecule has 0 spiro atoms. The van der Waals surface area contributed by atoms with Crippen LogP contribution in [-0.4, -0.2) is 32.9 Å². The molecule has 3 rings (SSSR count). The molecule has 6 nitrogen and oxygen atoms in total. The number of nitrogens with two attached hydrogens (primary N) is 1. The number of aromatic nitrogens is 4. The first kappa shape index (κ1) is 13.1. The van der Waals surface area contributed by atoms with Crippen molar-refractivity contribution in [3.63, 3.8) is 0 Å². The fourth-order valence-corrected chi connectivity index (χ4v) is 2.61. The second-order valence-corrected chi connectivity index (χ2v) is 5.34. The first-order chi connectivity index (χ1) is 9.65. The topological polar surface area (TPSA) is 78.8 Å². The predicted octanol–water partition coefficient (Wildman–Crippen LogP) is 1.72. The summed E-state index contributed by atoms with van der Waals surface area (Å²) in [4.78, 5) is 0. The van der Waals surface area contributed by atoms with Crippen LogP contribution in [0.1, 0.15) is 24.0 Å². The molecule has 6 heteroatoms. The number of nitrogens with zero attached hydrogens (tertiary/aromatic N) is 4. The molecule has 1 fully saturated rings. The minimum absolute atomic E-state index is 0.209. The van der Waals surface area contributed by atoms with E-state index in [0.717, 1.165) is 47.7 Å². The predicted molar refractivity (Wildman–Crippen MR) is 76.1 cm³/mol. The average Bonchev–Trinajstić information content (AvgIpc) is 3.06. The summed E-state index contributed by atoms with van der Waals surface area (Å²) in [5, 5.41) is 12.0. The molecule has 0 radical (unpaired) electrons. The van der Waals surface area contributed by atoms with Crippen LogP contribution in [0.2, 0.25) is 0 Å². The van der Waals surface area contributed by atoms with Gasteiger partial charge in [0.05, 0.1) is 12.6 Å². The SMILES string of the molecule is Cc1cc(C)c(-c2nnnn2CC2CCCO2)cc1N. The highest BCUT2D eigenvalue weighted by Gasteiger charge is 2.20. The molecule has 1 aliphatic rings. The zero-order valence-electron chi connectivity index (χ0n) is 11.8. The van der Waals surface area contributed by atoms with Crippen molar-refractivity contribution in [3.8, 4) is 11.4 Å². The maximum atomic E-state index is 6.01. The van der Waals surface area contributed by atoms with Gasteiger partial charge in [0, 0.05) is 17.9 Å². The normalized spacial score (nSPS) is 18.6. The first-order valence-corrected chi connectivity index (χ1v) is 6.90. The van der Waals surface area contributed by atoms with Crippen LogP contribution >= 0.6 is 0 Å². The Bertz CT molecular complexity index is 616. The van der Waals surface area contributed by atoms with Crippen LogP contribution in [0.5, 0.6) is 0 Å². The minimum Gasteiger partial charge on any atom is -0.398 e. The van der Waals surface area contributed by atoms with E-state index in [4.69, 9.17) is 10.5 Å². The number of aryl methyl sites for hydroxylation is 2. The zero-order valence-corrected chi connectivity index (χ0v) is 11.8. The molecule has 2 heterocycles. The molecule has 1 aliphatic heterocycles. The second-order valence-electron chi connectivity index (χ2n) is 5.34. The number of hydrogen-bond donors (Lipinski definition) is 1. The summed E-state index contributed by atoms with van der Waals surface area (Å²) in [6.45, 7) is 5.57. The van der Waals surface area contributed by atoms with Crippen molar-refractivity contribution in [2.24, 2.45) is 0 Å². The van der Waals surface area contributed by atoms with Gasteiger partial charge in [0.2, 0.25) is 0 Å². The summed E-state index contributed by atoms with van der Waals surface area (Å²) in [5.74, 6) is 0.754. The molecule has 1 saturated heterocycles. The molecule has 1 atom stereocenters. The Labute approximate surface area is 117 Å². The maximum Gasteiger partial charge on any atom is 0.182 e. The number of rotatable bonds is 3. The molecule has 0 saturated carbocycles. The lowest BCUT2D eigenvalue weighted by Gasteiger charge is -2.12. The Morgan fingerprint density at radius 3 is 2.95 bits per heavy atom. The number of hydrogen-bond acceptors (Lipinski definition) is 5. The molecule has 1 aromatic heterocycles. The highest BCUT2D eigenvalue weighted by Crippen LogP contribution is 2.26. The molecular formula is C14H19N5O. The fraction of sp³-hybridized carbons (Fsp3) is 0.500. The first-order valence-electron chi connectivity index (χ1n) is 6.90. The van der Waals surface area contributed by atoms with E-state index in [-0.39, 0.29) is 6.10 Å². The van der Waals surface area contributed by atoms with Gasteiger partial charge in [-0.2, -0.15) is 0 Å². The van der Waals surface area contributed by atoms with Gasteiger partial charge >= 0.3 is 0 Å². The molecule has 0 aliphatic carbocycles. The highest BCUT2D eigenvalue weighted by molar-refractivity contribution is 5.67. The molecule has 1 aromatic carbocycles. The summed E-state index contributed by atoms with van der Waals surface area (Å²) in [6.07, 6.45) is 2.38. The fourth-order valence-electron chi connectivity index (χ4n) is 2.61. The molecule has 2 aromatic rings. The third-order valence-electron chi connectivity index (χ3n) is 3.79. The van der Waals surface area contributed by atoms with Crippen molar-refractivity contribution in [1.82, 2.24) is 20.2 Å². The monoisotopic (exact) mass is 273 g/mol. The summed E-state index contributed by atoms with van der Waals surface area (Å²) < 4.78 is 7.46. The van der Waals surface area contributed by atoms with Crippen molar-refractivity contribution < 1.29 is 4.74 Å². The van der Waals surface area contributed by atoms with Gasteiger partial charge < -0.3 is 10.5 Å². The summed E-state index contributed by atoms with van der Waals surface area (Å²) in [7, 11) is 0. The molecular weight excluding hydrogens is 254 g/mol. The number of benzene rings is 1. The van der Waals surface area contributed by atoms with Gasteiger partial charge in [-0.1, -0.05) is 6.07 Å². The lowest BCUT2D eigenvalue weighted by Crippen LogP contribution is -2.17. The number of tetrazole rings is 1. The van der Waals surface area contributed by atoms with Crippen molar-refractivity contribution in [2.45, 2.75) is 39.3 Å². The standard InChI is InChI=1S/C14H19N5O/c1-9-6-10(2)13(15)7-12(9)14-16-17-18-19(14)8-11-4-3-5-20-11/h6-7,11H,3-5,8,15H2,1-2H3. The van der Waals surface area contributed by atoms with Crippen LogP contribution in [0.15, 0.2) is 12.1 Å². The van der Waals surface area contributed by atoms with Gasteiger partial charge in [0.15, 0.2) is 5.82 Å². The number of anilines is 1. The Balaban J connectivity index is 1.94. The molecule has 106 valence electrons. The van der Waals surface area contributed by atoms with Gasteiger partial charge in [-0.05, 0) is 54.3 Å². The van der Waals surface area contributed by atoms with Crippen molar-refractivity contribution in [3.05, 3.63) is 23.3 Å². The zero-order chi connectivity index (χ0) is 14.1. The van der Waals surface area contributed by atoms with Gasteiger partial charge in [-0.15, -0.1) is 5.10 Å². The second kappa shape index (κ2) is 5.20. The maximum absolute atomic E-state index is 6.01. The van der Waals surface area contributed by atoms with Crippen LogP contribution in [0, 0.1) is 13.8 Å². The van der Waals surface area contributed by atoms with Gasteiger partial charge in [0.1, 0.15) is 0 Å². The average molecular weight is 273 g/mol. The summed E-state index contributed by atoms with van der Waals surface area (Å²) in [6, 6.07) is 4.01. The van der Waals surface area contributed by atoms with E-state index in [1.54, 1.807) is 0 Å². The number of nitrogen functional groups attached to an aromatic ring is 1. The van der Waals surface area contributed by atoms with Crippen LogP contribution < -0.4 is 5.73 Å². The van der Waals surface area contributed by atoms with E-state index in [2.05, 4.69) is 21.6 Å². The van der Waals surface area contributed by atoms with Crippen molar-refractivity contribution in [1.29, 1.82) is 0 Å². The van der Waals surface area contributed by atoms with Gasteiger partial charge in [-0.3, -0.25) is 0 Å². The molecule has 0 bridgehead atoms. The van der Waals surface area contributed by atoms with Crippen LogP contribution in [0.4, 0.5) is 5.69 Å². The van der Waals surface area contributed by atoms with Crippen LogP contribution in [-0.2, 0) is 11.3 Å².